The lowest BCUT2D eigenvalue weighted by Gasteiger charge is -2.24. The maximum atomic E-state index is 11.1. The predicted molar refractivity (Wildman–Crippen MR) is 78.7 cm³/mol. The third-order valence-corrected chi connectivity index (χ3v) is 3.40. The largest absolute Gasteiger partial charge is 0.508 e. The van der Waals surface area contributed by atoms with Gasteiger partial charge in [-0.1, -0.05) is 25.5 Å². The van der Waals surface area contributed by atoms with Crippen LogP contribution >= 0.6 is 0 Å². The molecule has 0 N–H and O–H groups in total. The molecule has 0 saturated carbocycles. The van der Waals surface area contributed by atoms with Crippen LogP contribution in [0.2, 0.25) is 0 Å². The minimum absolute atomic E-state index is 0.205. The smallest absolute Gasteiger partial charge is 0.435 e. The Morgan fingerprint density at radius 2 is 2.05 bits per heavy atom. The first-order valence-electron chi connectivity index (χ1n) is 7.38. The predicted octanol–water partition coefficient (Wildman–Crippen LogP) is 4.09. The van der Waals surface area contributed by atoms with E-state index in [0.717, 1.165) is 12.8 Å². The molecule has 0 aromatic heterocycles. The molecule has 0 aromatic rings. The highest BCUT2D eigenvalue weighted by atomic mass is 16.7. The van der Waals surface area contributed by atoms with Crippen molar-refractivity contribution in [2.45, 2.75) is 59.5 Å². The van der Waals surface area contributed by atoms with Gasteiger partial charge in [0.2, 0.25) is 0 Å². The molecule has 1 aliphatic rings. The summed E-state index contributed by atoms with van der Waals surface area (Å²) in [5.74, 6) is 0. The molecular weight excluding hydrogens is 256 g/mol. The van der Waals surface area contributed by atoms with Crippen LogP contribution in [0.4, 0.5) is 4.79 Å². The Hall–Kier alpha value is -1.03. The zero-order valence-electron chi connectivity index (χ0n) is 13.5. The summed E-state index contributed by atoms with van der Waals surface area (Å²) in [6.07, 6.45) is 5.06. The molecule has 0 bridgehead atoms. The quantitative estimate of drug-likeness (QED) is 0.521. The van der Waals surface area contributed by atoms with Crippen LogP contribution in [-0.2, 0) is 14.2 Å². The van der Waals surface area contributed by atoms with Gasteiger partial charge in [0.25, 0.3) is 0 Å². The molecular formula is C16H28O4. The van der Waals surface area contributed by atoms with Crippen molar-refractivity contribution in [1.82, 2.24) is 0 Å². The monoisotopic (exact) mass is 284 g/mol. The maximum Gasteiger partial charge on any atom is 0.508 e. The SMILES string of the molecule is CCOC(=O)OCC(C)(C)OCCC1=CC(C)(C)CC1. The topological polar surface area (TPSA) is 44.8 Å². The standard InChI is InChI=1S/C16H28O4/c1-6-18-14(17)19-12-16(4,5)20-10-8-13-7-9-15(2,3)11-13/h11H,6-10,12H2,1-5H3. The fourth-order valence-corrected chi connectivity index (χ4v) is 2.27. The Labute approximate surface area is 122 Å². The minimum atomic E-state index is -0.635. The Morgan fingerprint density at radius 3 is 2.60 bits per heavy atom. The summed E-state index contributed by atoms with van der Waals surface area (Å²) in [4.78, 5) is 11.1. The van der Waals surface area contributed by atoms with Gasteiger partial charge in [0, 0.05) is 0 Å². The normalized spacial score (nSPS) is 17.8. The van der Waals surface area contributed by atoms with Crippen molar-refractivity contribution in [3.8, 4) is 0 Å². The summed E-state index contributed by atoms with van der Waals surface area (Å²) in [7, 11) is 0. The van der Waals surface area contributed by atoms with Crippen LogP contribution in [0.5, 0.6) is 0 Å². The van der Waals surface area contributed by atoms with Gasteiger partial charge in [-0.25, -0.2) is 4.79 Å². The number of rotatable bonds is 7. The van der Waals surface area contributed by atoms with Crippen LogP contribution in [0.25, 0.3) is 0 Å². The molecule has 0 amide bonds. The molecule has 1 aliphatic carbocycles. The van der Waals surface area contributed by atoms with E-state index >= 15 is 0 Å². The first-order chi connectivity index (χ1) is 9.24. The molecule has 0 aliphatic heterocycles. The van der Waals surface area contributed by atoms with E-state index in [1.54, 1.807) is 6.92 Å². The molecule has 0 atom stereocenters. The van der Waals surface area contributed by atoms with E-state index in [-0.39, 0.29) is 6.61 Å². The van der Waals surface area contributed by atoms with E-state index in [9.17, 15) is 4.79 Å². The molecule has 20 heavy (non-hydrogen) atoms. The lowest BCUT2D eigenvalue weighted by atomic mass is 9.94. The number of carbonyl (C=O) groups excluding carboxylic acids is 1. The number of carbonyl (C=O) groups is 1. The van der Waals surface area contributed by atoms with Gasteiger partial charge in [-0.2, -0.15) is 0 Å². The third kappa shape index (κ3) is 6.42. The van der Waals surface area contributed by atoms with Crippen molar-refractivity contribution in [3.05, 3.63) is 11.6 Å². The molecule has 1 rings (SSSR count). The van der Waals surface area contributed by atoms with Gasteiger partial charge in [0.05, 0.1) is 18.8 Å². The van der Waals surface area contributed by atoms with Crippen molar-refractivity contribution in [2.24, 2.45) is 5.41 Å². The van der Waals surface area contributed by atoms with Crippen LogP contribution in [0, 0.1) is 5.41 Å². The summed E-state index contributed by atoms with van der Waals surface area (Å²) < 4.78 is 15.5. The second-order valence-electron chi connectivity index (χ2n) is 6.62. The Bertz CT molecular complexity index is 355. The molecule has 0 fully saturated rings. The van der Waals surface area contributed by atoms with Crippen molar-refractivity contribution in [1.29, 1.82) is 0 Å². The van der Waals surface area contributed by atoms with Gasteiger partial charge in [-0.05, 0) is 45.4 Å². The maximum absolute atomic E-state index is 11.1. The van der Waals surface area contributed by atoms with Gasteiger partial charge in [-0.3, -0.25) is 0 Å². The molecule has 0 unspecified atom stereocenters. The van der Waals surface area contributed by atoms with Crippen molar-refractivity contribution in [3.63, 3.8) is 0 Å². The van der Waals surface area contributed by atoms with Crippen molar-refractivity contribution >= 4 is 6.16 Å². The summed E-state index contributed by atoms with van der Waals surface area (Å²) in [6, 6.07) is 0. The van der Waals surface area contributed by atoms with Gasteiger partial charge in [-0.15, -0.1) is 0 Å². The molecule has 0 heterocycles. The number of hydrogen-bond donors (Lipinski definition) is 0. The number of hydrogen-bond acceptors (Lipinski definition) is 4. The van der Waals surface area contributed by atoms with E-state index in [0.29, 0.717) is 18.6 Å². The van der Waals surface area contributed by atoms with Crippen LogP contribution in [0.3, 0.4) is 0 Å². The van der Waals surface area contributed by atoms with E-state index in [1.165, 1.54) is 12.0 Å². The van der Waals surface area contributed by atoms with Crippen molar-refractivity contribution in [2.75, 3.05) is 19.8 Å². The molecule has 4 nitrogen and oxygen atoms in total. The van der Waals surface area contributed by atoms with Crippen molar-refractivity contribution < 1.29 is 19.0 Å². The van der Waals surface area contributed by atoms with Gasteiger partial charge >= 0.3 is 6.16 Å². The van der Waals surface area contributed by atoms with E-state index in [2.05, 4.69) is 19.9 Å². The zero-order valence-corrected chi connectivity index (χ0v) is 13.5. The van der Waals surface area contributed by atoms with E-state index in [1.807, 2.05) is 13.8 Å². The van der Waals surface area contributed by atoms with Crippen LogP contribution in [0.15, 0.2) is 11.6 Å². The fraction of sp³-hybridized carbons (Fsp3) is 0.812. The first-order valence-corrected chi connectivity index (χ1v) is 7.38. The van der Waals surface area contributed by atoms with Crippen LogP contribution in [0.1, 0.15) is 53.9 Å². The van der Waals surface area contributed by atoms with Crippen LogP contribution in [-0.4, -0.2) is 31.6 Å². The number of ether oxygens (including phenoxy) is 3. The molecule has 116 valence electrons. The van der Waals surface area contributed by atoms with Gasteiger partial charge in [0.1, 0.15) is 6.61 Å². The summed E-state index contributed by atoms with van der Waals surface area (Å²) >= 11 is 0. The minimum Gasteiger partial charge on any atom is -0.435 e. The Morgan fingerprint density at radius 1 is 1.35 bits per heavy atom. The molecule has 0 saturated heterocycles. The second kappa shape index (κ2) is 7.11. The first kappa shape index (κ1) is 17.0. The Kier molecular flexibility index (Phi) is 6.06. The highest BCUT2D eigenvalue weighted by Crippen LogP contribution is 2.36. The van der Waals surface area contributed by atoms with E-state index < -0.39 is 11.8 Å². The summed E-state index contributed by atoms with van der Waals surface area (Å²) in [5, 5.41) is 0. The van der Waals surface area contributed by atoms with E-state index in [4.69, 9.17) is 14.2 Å². The highest BCUT2D eigenvalue weighted by molar-refractivity contribution is 5.59. The third-order valence-electron chi connectivity index (χ3n) is 3.40. The lowest BCUT2D eigenvalue weighted by molar-refractivity contribution is -0.0671. The lowest BCUT2D eigenvalue weighted by Crippen LogP contribution is -2.32. The van der Waals surface area contributed by atoms with Gasteiger partial charge < -0.3 is 14.2 Å². The Balaban J connectivity index is 2.24. The molecule has 0 spiro atoms. The zero-order chi connectivity index (χ0) is 15.2. The van der Waals surface area contributed by atoms with Gasteiger partial charge in [0.15, 0.2) is 0 Å². The average Bonchev–Trinajstić information content (AvgIpc) is 2.67. The highest BCUT2D eigenvalue weighted by Gasteiger charge is 2.24. The molecule has 4 heteroatoms. The molecule has 0 radical (unpaired) electrons. The fourth-order valence-electron chi connectivity index (χ4n) is 2.27. The molecule has 0 aromatic carbocycles. The second-order valence-corrected chi connectivity index (χ2v) is 6.62. The summed E-state index contributed by atoms with van der Waals surface area (Å²) in [6.45, 7) is 11.3. The van der Waals surface area contributed by atoms with Crippen LogP contribution < -0.4 is 0 Å². The average molecular weight is 284 g/mol. The number of allylic oxidation sites excluding steroid dienone is 1. The summed E-state index contributed by atoms with van der Waals surface area (Å²) in [5.41, 5.74) is 1.32.